The van der Waals surface area contributed by atoms with Gasteiger partial charge in [-0.2, -0.15) is 0 Å². The van der Waals surface area contributed by atoms with Crippen molar-refractivity contribution in [1.29, 1.82) is 0 Å². The fourth-order valence-corrected chi connectivity index (χ4v) is 3.57. The van der Waals surface area contributed by atoms with E-state index in [1.807, 2.05) is 6.07 Å². The number of rotatable bonds is 3. The molecule has 0 aliphatic heterocycles. The van der Waals surface area contributed by atoms with Crippen LogP contribution in [0.4, 0.5) is 5.69 Å². The second-order valence-electron chi connectivity index (χ2n) is 5.28. The Hall–Kier alpha value is -1.000. The molecule has 1 aliphatic carbocycles. The summed E-state index contributed by atoms with van der Waals surface area (Å²) < 4.78 is 7.54. The van der Waals surface area contributed by atoms with Crippen LogP contribution >= 0.6 is 31.9 Å². The highest BCUT2D eigenvalue weighted by Crippen LogP contribution is 2.37. The molecule has 0 saturated heterocycles. The molecule has 2 aromatic carbocycles. The molecular weight excluding hydrogens is 394 g/mol. The monoisotopic (exact) mass is 409 g/mol. The van der Waals surface area contributed by atoms with Crippen molar-refractivity contribution in [2.24, 2.45) is 0 Å². The summed E-state index contributed by atoms with van der Waals surface area (Å²) in [7, 11) is 1.72. The van der Waals surface area contributed by atoms with Crippen LogP contribution in [0.5, 0.6) is 5.75 Å². The Morgan fingerprint density at radius 1 is 1.14 bits per heavy atom. The molecule has 0 spiro atoms. The molecule has 1 atom stereocenters. The maximum Gasteiger partial charge on any atom is 0.119 e. The van der Waals surface area contributed by atoms with Crippen LogP contribution in [0.2, 0.25) is 0 Å². The number of benzene rings is 2. The summed E-state index contributed by atoms with van der Waals surface area (Å²) in [4.78, 5) is 0. The molecule has 3 rings (SSSR count). The van der Waals surface area contributed by atoms with E-state index in [0.717, 1.165) is 33.2 Å². The third kappa shape index (κ3) is 3.27. The molecule has 0 amide bonds. The van der Waals surface area contributed by atoms with Crippen LogP contribution in [0.3, 0.4) is 0 Å². The Kier molecular flexibility index (Phi) is 4.55. The van der Waals surface area contributed by atoms with E-state index >= 15 is 0 Å². The normalized spacial score (nSPS) is 17.2. The van der Waals surface area contributed by atoms with E-state index in [9.17, 15) is 0 Å². The van der Waals surface area contributed by atoms with Gasteiger partial charge in [-0.05, 0) is 76.7 Å². The van der Waals surface area contributed by atoms with Crippen molar-refractivity contribution >= 4 is 37.5 Å². The summed E-state index contributed by atoms with van der Waals surface area (Å²) in [6.45, 7) is 0. The van der Waals surface area contributed by atoms with Crippen LogP contribution in [-0.4, -0.2) is 7.11 Å². The van der Waals surface area contributed by atoms with Crippen molar-refractivity contribution in [2.45, 2.75) is 25.3 Å². The zero-order chi connectivity index (χ0) is 14.8. The summed E-state index contributed by atoms with van der Waals surface area (Å²) in [6, 6.07) is 12.9. The molecule has 2 nitrogen and oxygen atoms in total. The summed E-state index contributed by atoms with van der Waals surface area (Å²) in [5.41, 5.74) is 3.89. The largest absolute Gasteiger partial charge is 0.497 e. The van der Waals surface area contributed by atoms with Gasteiger partial charge in [-0.1, -0.05) is 22.0 Å². The molecule has 0 saturated carbocycles. The topological polar surface area (TPSA) is 21.3 Å². The first-order chi connectivity index (χ1) is 10.2. The highest BCUT2D eigenvalue weighted by atomic mass is 79.9. The van der Waals surface area contributed by atoms with E-state index in [1.165, 1.54) is 17.5 Å². The molecule has 1 unspecified atom stereocenters. The summed E-state index contributed by atoms with van der Waals surface area (Å²) in [6.07, 6.45) is 3.50. The number of hydrogen-bond donors (Lipinski definition) is 1. The van der Waals surface area contributed by atoms with Gasteiger partial charge in [0.1, 0.15) is 5.75 Å². The lowest BCUT2D eigenvalue weighted by Crippen LogP contribution is -2.17. The van der Waals surface area contributed by atoms with E-state index < -0.39 is 0 Å². The van der Waals surface area contributed by atoms with Crippen molar-refractivity contribution < 1.29 is 4.74 Å². The number of nitrogens with one attached hydrogen (secondary N) is 1. The van der Waals surface area contributed by atoms with Gasteiger partial charge in [0.05, 0.1) is 18.8 Å². The number of methoxy groups -OCH3 is 1. The van der Waals surface area contributed by atoms with Crippen LogP contribution in [0.1, 0.15) is 30.0 Å². The van der Waals surface area contributed by atoms with Crippen molar-refractivity contribution in [3.05, 3.63) is 56.5 Å². The highest BCUT2D eigenvalue weighted by molar-refractivity contribution is 9.11. The van der Waals surface area contributed by atoms with Crippen LogP contribution in [-0.2, 0) is 6.42 Å². The lowest BCUT2D eigenvalue weighted by Gasteiger charge is -2.28. The molecule has 21 heavy (non-hydrogen) atoms. The molecule has 2 aromatic rings. The zero-order valence-corrected chi connectivity index (χ0v) is 15.0. The molecule has 1 aliphatic rings. The summed E-state index contributed by atoms with van der Waals surface area (Å²) in [5.74, 6) is 0.927. The molecule has 110 valence electrons. The third-order valence-corrected chi connectivity index (χ3v) is 5.11. The van der Waals surface area contributed by atoms with Crippen LogP contribution in [0.15, 0.2) is 45.3 Å². The molecule has 0 radical (unpaired) electrons. The van der Waals surface area contributed by atoms with E-state index in [4.69, 9.17) is 4.74 Å². The Bertz CT molecular complexity index is 657. The van der Waals surface area contributed by atoms with Crippen LogP contribution < -0.4 is 10.1 Å². The first-order valence-corrected chi connectivity index (χ1v) is 8.64. The SMILES string of the molecule is COc1ccc2c(c1)C(Nc1cc(Br)ccc1Br)CCC2. The Morgan fingerprint density at radius 3 is 2.81 bits per heavy atom. The number of aryl methyl sites for hydroxylation is 1. The van der Waals surface area contributed by atoms with Crippen molar-refractivity contribution in [3.8, 4) is 5.75 Å². The average molecular weight is 411 g/mol. The Labute approximate surface area is 142 Å². The smallest absolute Gasteiger partial charge is 0.119 e. The summed E-state index contributed by atoms with van der Waals surface area (Å²) >= 11 is 7.15. The van der Waals surface area contributed by atoms with Gasteiger partial charge in [0.15, 0.2) is 0 Å². The van der Waals surface area contributed by atoms with E-state index in [1.54, 1.807) is 7.11 Å². The van der Waals surface area contributed by atoms with E-state index in [0.29, 0.717) is 6.04 Å². The minimum atomic E-state index is 0.328. The molecule has 4 heteroatoms. The molecule has 0 heterocycles. The van der Waals surface area contributed by atoms with E-state index in [2.05, 4.69) is 67.5 Å². The maximum atomic E-state index is 5.38. The first-order valence-electron chi connectivity index (χ1n) is 7.06. The fraction of sp³-hybridized carbons (Fsp3) is 0.294. The number of anilines is 1. The second kappa shape index (κ2) is 6.41. The molecule has 0 aromatic heterocycles. The quantitative estimate of drug-likeness (QED) is 0.699. The van der Waals surface area contributed by atoms with Gasteiger partial charge in [-0.3, -0.25) is 0 Å². The average Bonchev–Trinajstić information content (AvgIpc) is 2.51. The van der Waals surface area contributed by atoms with Crippen LogP contribution in [0.25, 0.3) is 0 Å². The van der Waals surface area contributed by atoms with Gasteiger partial charge in [-0.25, -0.2) is 0 Å². The zero-order valence-electron chi connectivity index (χ0n) is 11.8. The van der Waals surface area contributed by atoms with Gasteiger partial charge in [0.25, 0.3) is 0 Å². The molecule has 0 bridgehead atoms. The summed E-state index contributed by atoms with van der Waals surface area (Å²) in [5, 5.41) is 3.67. The second-order valence-corrected chi connectivity index (χ2v) is 7.05. The minimum Gasteiger partial charge on any atom is -0.497 e. The first kappa shape index (κ1) is 14.9. The standard InChI is InChI=1S/C17H17Br2NO/c1-21-13-7-5-11-3-2-4-16(14(11)10-13)20-17-9-12(18)6-8-15(17)19/h5-10,16,20H,2-4H2,1H3. The van der Waals surface area contributed by atoms with E-state index in [-0.39, 0.29) is 0 Å². The maximum absolute atomic E-state index is 5.38. The lowest BCUT2D eigenvalue weighted by atomic mass is 9.87. The van der Waals surface area contributed by atoms with Gasteiger partial charge in [0, 0.05) is 8.95 Å². The van der Waals surface area contributed by atoms with Gasteiger partial charge in [0.2, 0.25) is 0 Å². The molecule has 1 N–H and O–H groups in total. The van der Waals surface area contributed by atoms with Crippen molar-refractivity contribution in [1.82, 2.24) is 0 Å². The molecule has 0 fully saturated rings. The van der Waals surface area contributed by atoms with Crippen molar-refractivity contribution in [3.63, 3.8) is 0 Å². The predicted molar refractivity (Wildman–Crippen MR) is 94.1 cm³/mol. The number of ether oxygens (including phenoxy) is 1. The van der Waals surface area contributed by atoms with Crippen molar-refractivity contribution in [2.75, 3.05) is 12.4 Å². The number of fused-ring (bicyclic) bond motifs is 1. The van der Waals surface area contributed by atoms with Gasteiger partial charge >= 0.3 is 0 Å². The van der Waals surface area contributed by atoms with Gasteiger partial charge < -0.3 is 10.1 Å². The molecular formula is C17H17Br2NO. The number of halogens is 2. The van der Waals surface area contributed by atoms with Gasteiger partial charge in [-0.15, -0.1) is 0 Å². The fourth-order valence-electron chi connectivity index (χ4n) is 2.85. The predicted octanol–water partition coefficient (Wildman–Crippen LogP) is 5.71. The highest BCUT2D eigenvalue weighted by Gasteiger charge is 2.21. The third-order valence-electron chi connectivity index (χ3n) is 3.93. The Balaban J connectivity index is 1.92. The number of hydrogen-bond acceptors (Lipinski definition) is 2. The lowest BCUT2D eigenvalue weighted by molar-refractivity contribution is 0.413. The minimum absolute atomic E-state index is 0.328. The van der Waals surface area contributed by atoms with Crippen LogP contribution in [0, 0.1) is 0 Å². The Morgan fingerprint density at radius 2 is 2.00 bits per heavy atom.